The highest BCUT2D eigenvalue weighted by molar-refractivity contribution is 7.89. The van der Waals surface area contributed by atoms with Crippen LogP contribution < -0.4 is 10.3 Å². The molecule has 0 aliphatic carbocycles. The van der Waals surface area contributed by atoms with Crippen LogP contribution in [0, 0.1) is 5.82 Å². The first kappa shape index (κ1) is 16.4. The van der Waals surface area contributed by atoms with E-state index in [1.807, 2.05) is 10.3 Å². The lowest BCUT2D eigenvalue weighted by Gasteiger charge is -2.07. The van der Waals surface area contributed by atoms with Crippen LogP contribution in [0.4, 0.5) is 4.39 Å². The molecule has 1 aromatic heterocycles. The topological polar surface area (TPSA) is 88.4 Å². The predicted octanol–water partition coefficient (Wildman–Crippen LogP) is 2.85. The third-order valence-corrected chi connectivity index (χ3v) is 4.59. The maximum Gasteiger partial charge on any atom is 0.301 e. The standard InChI is InChI=1S/C15H10ClFN2O4S/c16-10-4-5-13-9(6-10)7-14(23-13)15(20)18-19-24(21,22)12-3-1-2-11(17)8-12/h1-8,19H,(H,18,20). The fraction of sp³-hybridized carbons (Fsp3) is 0. The van der Waals surface area contributed by atoms with E-state index >= 15 is 0 Å². The molecule has 0 bridgehead atoms. The van der Waals surface area contributed by atoms with E-state index in [9.17, 15) is 17.6 Å². The van der Waals surface area contributed by atoms with Gasteiger partial charge in [-0.05, 0) is 42.5 Å². The molecule has 0 unspecified atom stereocenters. The minimum absolute atomic E-state index is 0.103. The number of halogens is 2. The predicted molar refractivity (Wildman–Crippen MR) is 85.4 cm³/mol. The second kappa shape index (κ2) is 6.23. The molecule has 1 heterocycles. The van der Waals surface area contributed by atoms with Crippen LogP contribution in [0.3, 0.4) is 0 Å². The quantitative estimate of drug-likeness (QED) is 0.693. The molecular weight excluding hydrogens is 359 g/mol. The first-order valence-corrected chi connectivity index (χ1v) is 8.48. The van der Waals surface area contributed by atoms with Crippen LogP contribution in [-0.4, -0.2) is 14.3 Å². The average Bonchev–Trinajstić information content (AvgIpc) is 2.96. The molecule has 3 rings (SSSR count). The van der Waals surface area contributed by atoms with E-state index in [1.165, 1.54) is 18.2 Å². The number of carbonyl (C=O) groups excluding carboxylic acids is 1. The Morgan fingerprint density at radius 3 is 2.67 bits per heavy atom. The molecule has 0 radical (unpaired) electrons. The third kappa shape index (κ3) is 3.40. The van der Waals surface area contributed by atoms with Gasteiger partial charge in [0.2, 0.25) is 0 Å². The van der Waals surface area contributed by atoms with Gasteiger partial charge in [0, 0.05) is 10.4 Å². The highest BCUT2D eigenvalue weighted by Gasteiger charge is 2.18. The molecule has 24 heavy (non-hydrogen) atoms. The molecule has 2 N–H and O–H groups in total. The van der Waals surface area contributed by atoms with E-state index in [0.717, 1.165) is 12.1 Å². The molecule has 0 fully saturated rings. The minimum atomic E-state index is -4.11. The van der Waals surface area contributed by atoms with Gasteiger partial charge < -0.3 is 4.42 Å². The Balaban J connectivity index is 1.76. The van der Waals surface area contributed by atoms with Crippen molar-refractivity contribution in [2.45, 2.75) is 4.90 Å². The molecule has 0 aliphatic heterocycles. The number of rotatable bonds is 4. The monoisotopic (exact) mass is 368 g/mol. The molecule has 0 atom stereocenters. The van der Waals surface area contributed by atoms with Crippen LogP contribution in [0.2, 0.25) is 5.02 Å². The SMILES string of the molecule is O=C(NNS(=O)(=O)c1cccc(F)c1)c1cc2cc(Cl)ccc2o1. The molecule has 6 nitrogen and oxygen atoms in total. The van der Waals surface area contributed by atoms with E-state index in [-0.39, 0.29) is 10.7 Å². The van der Waals surface area contributed by atoms with Crippen LogP contribution in [-0.2, 0) is 10.0 Å². The van der Waals surface area contributed by atoms with E-state index in [2.05, 4.69) is 0 Å². The fourth-order valence-electron chi connectivity index (χ4n) is 1.99. The molecule has 0 saturated carbocycles. The summed E-state index contributed by atoms with van der Waals surface area (Å²) < 4.78 is 42.4. The molecule has 0 saturated heterocycles. The van der Waals surface area contributed by atoms with Crippen LogP contribution in [0.5, 0.6) is 0 Å². The third-order valence-electron chi connectivity index (χ3n) is 3.11. The lowest BCUT2D eigenvalue weighted by atomic mass is 10.2. The van der Waals surface area contributed by atoms with Gasteiger partial charge >= 0.3 is 5.91 Å². The number of hydrogen-bond donors (Lipinski definition) is 2. The second-order valence-electron chi connectivity index (χ2n) is 4.81. The van der Waals surface area contributed by atoms with Crippen molar-refractivity contribution in [2.75, 3.05) is 0 Å². The summed E-state index contributed by atoms with van der Waals surface area (Å²) in [4.78, 5) is 13.6. The number of nitrogens with one attached hydrogen (secondary N) is 2. The van der Waals surface area contributed by atoms with Crippen LogP contribution in [0.25, 0.3) is 11.0 Å². The number of furan rings is 1. The van der Waals surface area contributed by atoms with Crippen molar-refractivity contribution < 1.29 is 22.0 Å². The summed E-state index contributed by atoms with van der Waals surface area (Å²) in [6.45, 7) is 0. The number of sulfonamides is 1. The van der Waals surface area contributed by atoms with Gasteiger partial charge in [0.15, 0.2) is 5.76 Å². The van der Waals surface area contributed by atoms with E-state index in [0.29, 0.717) is 16.0 Å². The molecule has 9 heteroatoms. The van der Waals surface area contributed by atoms with Gasteiger partial charge in [0.25, 0.3) is 10.0 Å². The van der Waals surface area contributed by atoms with Crippen molar-refractivity contribution in [3.63, 3.8) is 0 Å². The van der Waals surface area contributed by atoms with Crippen molar-refractivity contribution in [3.05, 3.63) is 65.1 Å². The van der Waals surface area contributed by atoms with Gasteiger partial charge in [-0.3, -0.25) is 10.2 Å². The maximum atomic E-state index is 13.1. The van der Waals surface area contributed by atoms with Crippen molar-refractivity contribution >= 4 is 38.5 Å². The zero-order valence-corrected chi connectivity index (χ0v) is 13.5. The van der Waals surface area contributed by atoms with Crippen molar-refractivity contribution in [3.8, 4) is 0 Å². The van der Waals surface area contributed by atoms with Crippen molar-refractivity contribution in [2.24, 2.45) is 0 Å². The van der Waals surface area contributed by atoms with Gasteiger partial charge in [0.1, 0.15) is 11.4 Å². The summed E-state index contributed by atoms with van der Waals surface area (Å²) in [5.74, 6) is -1.62. The summed E-state index contributed by atoms with van der Waals surface area (Å²) in [5, 5.41) is 1.07. The average molecular weight is 369 g/mol. The largest absolute Gasteiger partial charge is 0.451 e. The molecular formula is C15H10ClFN2O4S. The Bertz CT molecular complexity index is 1030. The van der Waals surface area contributed by atoms with E-state index < -0.39 is 21.7 Å². The van der Waals surface area contributed by atoms with Gasteiger partial charge in [-0.2, -0.15) is 0 Å². The second-order valence-corrected chi connectivity index (χ2v) is 6.93. The van der Waals surface area contributed by atoms with Crippen LogP contribution in [0.15, 0.2) is 57.8 Å². The number of benzene rings is 2. The fourth-order valence-corrected chi connectivity index (χ4v) is 3.05. The Morgan fingerprint density at radius 1 is 1.12 bits per heavy atom. The summed E-state index contributed by atoms with van der Waals surface area (Å²) in [6, 6.07) is 10.6. The number of hydrazine groups is 1. The number of amides is 1. The molecule has 3 aromatic rings. The number of carbonyl (C=O) groups is 1. The highest BCUT2D eigenvalue weighted by Crippen LogP contribution is 2.22. The summed E-state index contributed by atoms with van der Waals surface area (Å²) in [6.07, 6.45) is 0. The van der Waals surface area contributed by atoms with Gasteiger partial charge in [0.05, 0.1) is 4.90 Å². The maximum absolute atomic E-state index is 13.1. The van der Waals surface area contributed by atoms with Crippen LogP contribution in [0.1, 0.15) is 10.6 Å². The lowest BCUT2D eigenvalue weighted by molar-refractivity contribution is 0.0919. The zero-order valence-electron chi connectivity index (χ0n) is 11.9. The summed E-state index contributed by atoms with van der Waals surface area (Å²) in [5.41, 5.74) is 2.43. The molecule has 124 valence electrons. The Hall–Kier alpha value is -2.42. The first-order chi connectivity index (χ1) is 11.3. The smallest absolute Gasteiger partial charge is 0.301 e. The molecule has 2 aromatic carbocycles. The molecule has 1 amide bonds. The number of fused-ring (bicyclic) bond motifs is 1. The number of hydrogen-bond acceptors (Lipinski definition) is 4. The van der Waals surface area contributed by atoms with Gasteiger partial charge in [-0.25, -0.2) is 12.8 Å². The van der Waals surface area contributed by atoms with E-state index in [4.69, 9.17) is 16.0 Å². The highest BCUT2D eigenvalue weighted by atomic mass is 35.5. The van der Waals surface area contributed by atoms with E-state index in [1.54, 1.807) is 18.2 Å². The molecule has 0 aliphatic rings. The van der Waals surface area contributed by atoms with Crippen LogP contribution >= 0.6 is 11.6 Å². The van der Waals surface area contributed by atoms with Crippen molar-refractivity contribution in [1.29, 1.82) is 0 Å². The Labute approximate surface area is 141 Å². The van der Waals surface area contributed by atoms with Gasteiger partial charge in [-0.15, -0.1) is 4.83 Å². The lowest BCUT2D eigenvalue weighted by Crippen LogP contribution is -2.41. The Morgan fingerprint density at radius 2 is 1.92 bits per heavy atom. The first-order valence-electron chi connectivity index (χ1n) is 6.62. The van der Waals surface area contributed by atoms with Crippen molar-refractivity contribution in [1.82, 2.24) is 10.3 Å². The minimum Gasteiger partial charge on any atom is -0.451 e. The Kier molecular flexibility index (Phi) is 4.27. The zero-order chi connectivity index (χ0) is 17.3. The van der Waals surface area contributed by atoms with Gasteiger partial charge in [-0.1, -0.05) is 17.7 Å². The summed E-state index contributed by atoms with van der Waals surface area (Å²) in [7, 11) is -4.11. The summed E-state index contributed by atoms with van der Waals surface area (Å²) >= 11 is 5.84. The molecule has 0 spiro atoms. The normalized spacial score (nSPS) is 11.6.